The minimum absolute atomic E-state index is 0.0731. The molecule has 0 saturated heterocycles. The van der Waals surface area contributed by atoms with Crippen LogP contribution in [0.5, 0.6) is 0 Å². The number of nitrogens with one attached hydrogen (secondary N) is 1. The molecule has 0 aliphatic rings. The van der Waals surface area contributed by atoms with E-state index in [1.807, 2.05) is 57.2 Å². The quantitative estimate of drug-likeness (QED) is 0.741. The second-order valence-corrected chi connectivity index (χ2v) is 7.07. The molecule has 0 heterocycles. The van der Waals surface area contributed by atoms with Crippen LogP contribution < -0.4 is 5.32 Å². The fourth-order valence-corrected chi connectivity index (χ4v) is 3.11. The first-order chi connectivity index (χ1) is 12.9. The molecule has 27 heavy (non-hydrogen) atoms. The van der Waals surface area contributed by atoms with Crippen LogP contribution in [0.1, 0.15) is 37.0 Å². The van der Waals surface area contributed by atoms with E-state index in [1.165, 1.54) is 0 Å². The highest BCUT2D eigenvalue weighted by atomic mass is 35.5. The molecule has 0 fully saturated rings. The van der Waals surface area contributed by atoms with E-state index in [1.54, 1.807) is 17.0 Å². The normalized spacial score (nSPS) is 11.7. The molecule has 2 aromatic rings. The third-order valence-corrected chi connectivity index (χ3v) is 4.73. The molecule has 0 aliphatic heterocycles. The predicted molar refractivity (Wildman–Crippen MR) is 110 cm³/mol. The summed E-state index contributed by atoms with van der Waals surface area (Å²) >= 11 is 5.93. The van der Waals surface area contributed by atoms with Crippen molar-refractivity contribution in [1.29, 1.82) is 0 Å². The third-order valence-electron chi connectivity index (χ3n) is 4.48. The summed E-state index contributed by atoms with van der Waals surface area (Å²) in [5.41, 5.74) is 3.05. The molecule has 0 saturated carbocycles. The molecule has 4 nitrogen and oxygen atoms in total. The van der Waals surface area contributed by atoms with Crippen molar-refractivity contribution in [2.45, 2.75) is 46.2 Å². The van der Waals surface area contributed by atoms with Gasteiger partial charge in [0.05, 0.1) is 6.42 Å². The Morgan fingerprint density at radius 1 is 1.00 bits per heavy atom. The largest absolute Gasteiger partial charge is 0.355 e. The van der Waals surface area contributed by atoms with Crippen molar-refractivity contribution >= 4 is 23.4 Å². The Hall–Kier alpha value is -2.33. The van der Waals surface area contributed by atoms with Gasteiger partial charge < -0.3 is 10.2 Å². The van der Waals surface area contributed by atoms with Gasteiger partial charge >= 0.3 is 0 Å². The highest BCUT2D eigenvalue weighted by molar-refractivity contribution is 6.30. The van der Waals surface area contributed by atoms with Crippen LogP contribution in [0.3, 0.4) is 0 Å². The topological polar surface area (TPSA) is 49.4 Å². The summed E-state index contributed by atoms with van der Waals surface area (Å²) in [6.45, 7) is 6.78. The highest BCUT2D eigenvalue weighted by Gasteiger charge is 2.28. The van der Waals surface area contributed by atoms with Crippen LogP contribution in [0.25, 0.3) is 0 Å². The Kier molecular flexibility index (Phi) is 7.86. The van der Waals surface area contributed by atoms with Crippen molar-refractivity contribution in [3.63, 3.8) is 0 Å². The molecule has 2 aromatic carbocycles. The van der Waals surface area contributed by atoms with Crippen molar-refractivity contribution in [3.05, 3.63) is 70.2 Å². The Balaban J connectivity index is 2.25. The van der Waals surface area contributed by atoms with Crippen LogP contribution in [0.4, 0.5) is 0 Å². The second kappa shape index (κ2) is 10.1. The Bertz CT molecular complexity index is 757. The number of hydrogen-bond donors (Lipinski definition) is 1. The Morgan fingerprint density at radius 2 is 1.59 bits per heavy atom. The maximum atomic E-state index is 13.1. The molecule has 0 radical (unpaired) electrons. The molecule has 0 unspecified atom stereocenters. The summed E-state index contributed by atoms with van der Waals surface area (Å²) in [6.07, 6.45) is 0.795. The van der Waals surface area contributed by atoms with Crippen LogP contribution in [0.2, 0.25) is 5.02 Å². The van der Waals surface area contributed by atoms with Gasteiger partial charge in [-0.25, -0.2) is 0 Å². The van der Waals surface area contributed by atoms with Crippen LogP contribution in [-0.2, 0) is 22.6 Å². The lowest BCUT2D eigenvalue weighted by atomic mass is 10.1. The number of nitrogens with zero attached hydrogens (tertiary/aromatic N) is 1. The van der Waals surface area contributed by atoms with Gasteiger partial charge in [-0.1, -0.05) is 60.5 Å². The molecule has 0 spiro atoms. The fourth-order valence-electron chi connectivity index (χ4n) is 2.98. The maximum absolute atomic E-state index is 13.1. The van der Waals surface area contributed by atoms with Crippen LogP contribution in [0, 0.1) is 6.92 Å². The van der Waals surface area contributed by atoms with Gasteiger partial charge in [0.25, 0.3) is 0 Å². The van der Waals surface area contributed by atoms with Crippen LogP contribution in [-0.4, -0.2) is 29.3 Å². The lowest BCUT2D eigenvalue weighted by molar-refractivity contribution is -0.140. The first-order valence-corrected chi connectivity index (χ1v) is 9.69. The number of rotatable bonds is 8. The van der Waals surface area contributed by atoms with E-state index in [0.29, 0.717) is 24.5 Å². The lowest BCUT2D eigenvalue weighted by Crippen LogP contribution is -2.49. The van der Waals surface area contributed by atoms with E-state index >= 15 is 0 Å². The van der Waals surface area contributed by atoms with E-state index in [0.717, 1.165) is 16.7 Å². The van der Waals surface area contributed by atoms with Crippen molar-refractivity contribution < 1.29 is 9.59 Å². The summed E-state index contributed by atoms with van der Waals surface area (Å²) in [6, 6.07) is 14.8. The van der Waals surface area contributed by atoms with E-state index in [2.05, 4.69) is 5.32 Å². The van der Waals surface area contributed by atoms with Crippen LogP contribution in [0.15, 0.2) is 48.5 Å². The van der Waals surface area contributed by atoms with Crippen molar-refractivity contribution in [1.82, 2.24) is 10.2 Å². The molecule has 5 heteroatoms. The van der Waals surface area contributed by atoms with Gasteiger partial charge in [0, 0.05) is 18.1 Å². The zero-order valence-electron chi connectivity index (χ0n) is 16.2. The van der Waals surface area contributed by atoms with E-state index < -0.39 is 6.04 Å². The standard InChI is InChI=1S/C22H27ClN2O2/c1-4-20(22(27)24-5-2)25(15-18-8-6-16(3)7-9-18)21(26)14-17-10-12-19(23)13-11-17/h6-13,20H,4-5,14-15H2,1-3H3,(H,24,27)/t20-/m1/s1. The third kappa shape index (κ3) is 6.10. The summed E-state index contributed by atoms with van der Waals surface area (Å²) in [5.74, 6) is -0.187. The molecule has 1 N–H and O–H groups in total. The fraction of sp³-hybridized carbons (Fsp3) is 0.364. The highest BCUT2D eigenvalue weighted by Crippen LogP contribution is 2.16. The van der Waals surface area contributed by atoms with Gasteiger partial charge in [-0.3, -0.25) is 9.59 Å². The van der Waals surface area contributed by atoms with E-state index in [9.17, 15) is 9.59 Å². The minimum Gasteiger partial charge on any atom is -0.355 e. The number of hydrogen-bond acceptors (Lipinski definition) is 2. The van der Waals surface area contributed by atoms with Crippen LogP contribution >= 0.6 is 11.6 Å². The number of halogens is 1. The minimum atomic E-state index is -0.494. The van der Waals surface area contributed by atoms with E-state index in [-0.39, 0.29) is 18.2 Å². The number of benzene rings is 2. The van der Waals surface area contributed by atoms with Gasteiger partial charge in [0.2, 0.25) is 11.8 Å². The maximum Gasteiger partial charge on any atom is 0.242 e. The van der Waals surface area contributed by atoms with E-state index in [4.69, 9.17) is 11.6 Å². The summed E-state index contributed by atoms with van der Waals surface area (Å²) in [4.78, 5) is 27.3. The predicted octanol–water partition coefficient (Wildman–Crippen LogP) is 4.13. The number of amides is 2. The monoisotopic (exact) mass is 386 g/mol. The molecule has 1 atom stereocenters. The molecule has 0 bridgehead atoms. The average molecular weight is 387 g/mol. The van der Waals surface area contributed by atoms with Gasteiger partial charge in [0.15, 0.2) is 0 Å². The number of aryl methyl sites for hydroxylation is 1. The van der Waals surface area contributed by atoms with Gasteiger partial charge in [-0.05, 0) is 43.5 Å². The SMILES string of the molecule is CCNC(=O)[C@@H](CC)N(Cc1ccc(C)cc1)C(=O)Cc1ccc(Cl)cc1. The number of carbonyl (C=O) groups is 2. The Labute approximate surface area is 166 Å². The van der Waals surface area contributed by atoms with Crippen molar-refractivity contribution in [2.75, 3.05) is 6.54 Å². The second-order valence-electron chi connectivity index (χ2n) is 6.63. The summed E-state index contributed by atoms with van der Waals surface area (Å²) < 4.78 is 0. The summed E-state index contributed by atoms with van der Waals surface area (Å²) in [5, 5.41) is 3.48. The zero-order valence-corrected chi connectivity index (χ0v) is 16.9. The molecule has 144 valence electrons. The first kappa shape index (κ1) is 21.0. The molecule has 2 rings (SSSR count). The van der Waals surface area contributed by atoms with Gasteiger partial charge in [-0.15, -0.1) is 0 Å². The summed E-state index contributed by atoms with van der Waals surface area (Å²) in [7, 11) is 0. The molecule has 0 aromatic heterocycles. The van der Waals surface area contributed by atoms with Gasteiger partial charge in [-0.2, -0.15) is 0 Å². The molecule has 0 aliphatic carbocycles. The molecule has 2 amide bonds. The first-order valence-electron chi connectivity index (χ1n) is 9.31. The number of carbonyl (C=O) groups excluding carboxylic acids is 2. The zero-order chi connectivity index (χ0) is 19.8. The van der Waals surface area contributed by atoms with Crippen molar-refractivity contribution in [2.24, 2.45) is 0 Å². The van der Waals surface area contributed by atoms with Gasteiger partial charge in [0.1, 0.15) is 6.04 Å². The average Bonchev–Trinajstić information content (AvgIpc) is 2.65. The Morgan fingerprint density at radius 3 is 2.15 bits per heavy atom. The molecular weight excluding hydrogens is 360 g/mol. The molecular formula is C22H27ClN2O2. The van der Waals surface area contributed by atoms with Crippen molar-refractivity contribution in [3.8, 4) is 0 Å². The lowest BCUT2D eigenvalue weighted by Gasteiger charge is -2.30. The smallest absolute Gasteiger partial charge is 0.242 e. The number of likely N-dealkylation sites (N-methyl/N-ethyl adjacent to an activating group) is 1.